The van der Waals surface area contributed by atoms with Crippen molar-refractivity contribution in [1.29, 1.82) is 0 Å². The number of carbonyl (C=O) groups is 1. The maximum absolute atomic E-state index is 11.7. The van der Waals surface area contributed by atoms with E-state index in [-0.39, 0.29) is 18.5 Å². The Labute approximate surface area is 110 Å². The molecule has 19 heavy (non-hydrogen) atoms. The van der Waals surface area contributed by atoms with Crippen LogP contribution in [-0.4, -0.2) is 27.5 Å². The third-order valence-corrected chi connectivity index (χ3v) is 2.26. The molecular weight excluding hydrogens is 244 g/mol. The van der Waals surface area contributed by atoms with Gasteiger partial charge in [-0.15, -0.1) is 0 Å². The van der Waals surface area contributed by atoms with Crippen LogP contribution >= 0.6 is 0 Å². The number of pyridine rings is 1. The molecule has 0 radical (unpaired) electrons. The highest BCUT2D eigenvalue weighted by Gasteiger charge is 2.06. The van der Waals surface area contributed by atoms with Gasteiger partial charge in [0.2, 0.25) is 0 Å². The lowest BCUT2D eigenvalue weighted by molar-refractivity contribution is -0.118. The molecule has 0 aliphatic carbocycles. The van der Waals surface area contributed by atoms with Gasteiger partial charge in [-0.3, -0.25) is 4.79 Å². The summed E-state index contributed by atoms with van der Waals surface area (Å²) in [7, 11) is 0. The number of aryl methyl sites for hydroxylation is 2. The third kappa shape index (κ3) is 4.02. The van der Waals surface area contributed by atoms with Crippen LogP contribution in [0, 0.1) is 13.8 Å². The molecule has 0 aromatic carbocycles. The molecule has 0 aliphatic rings. The van der Waals surface area contributed by atoms with Gasteiger partial charge in [-0.1, -0.05) is 6.07 Å². The number of carbonyl (C=O) groups excluding carboxylic acids is 1. The Balaban J connectivity index is 1.88. The molecule has 98 valence electrons. The summed E-state index contributed by atoms with van der Waals surface area (Å²) >= 11 is 0. The fourth-order valence-electron chi connectivity index (χ4n) is 1.42. The molecule has 0 spiro atoms. The van der Waals surface area contributed by atoms with Gasteiger partial charge in [0, 0.05) is 17.6 Å². The summed E-state index contributed by atoms with van der Waals surface area (Å²) < 4.78 is 5.19. The van der Waals surface area contributed by atoms with E-state index < -0.39 is 0 Å². The van der Waals surface area contributed by atoms with Crippen molar-refractivity contribution in [2.75, 3.05) is 11.9 Å². The summed E-state index contributed by atoms with van der Waals surface area (Å²) in [6.45, 7) is 3.52. The van der Waals surface area contributed by atoms with Crippen molar-refractivity contribution in [3.05, 3.63) is 41.9 Å². The van der Waals surface area contributed by atoms with Crippen LogP contribution in [0.1, 0.15) is 11.4 Å². The van der Waals surface area contributed by atoms with E-state index in [1.54, 1.807) is 18.3 Å². The van der Waals surface area contributed by atoms with Crippen molar-refractivity contribution >= 4 is 11.7 Å². The zero-order valence-electron chi connectivity index (χ0n) is 10.8. The number of ether oxygens (including phenoxy) is 1. The van der Waals surface area contributed by atoms with Gasteiger partial charge in [0.25, 0.3) is 5.91 Å². The highest BCUT2D eigenvalue weighted by atomic mass is 16.5. The molecule has 2 aromatic rings. The van der Waals surface area contributed by atoms with Gasteiger partial charge >= 0.3 is 6.01 Å². The number of amides is 1. The number of nitrogens with zero attached hydrogens (tertiary/aromatic N) is 3. The Bertz CT molecular complexity index is 586. The van der Waals surface area contributed by atoms with Crippen LogP contribution in [0.5, 0.6) is 6.01 Å². The molecule has 1 amide bonds. The van der Waals surface area contributed by atoms with Crippen LogP contribution < -0.4 is 10.1 Å². The Morgan fingerprint density at radius 2 is 2.00 bits per heavy atom. The van der Waals surface area contributed by atoms with E-state index in [1.165, 1.54) is 0 Å². The van der Waals surface area contributed by atoms with Crippen molar-refractivity contribution in [1.82, 2.24) is 15.0 Å². The number of hydrogen-bond acceptors (Lipinski definition) is 5. The lowest BCUT2D eigenvalue weighted by Gasteiger charge is -2.06. The van der Waals surface area contributed by atoms with E-state index >= 15 is 0 Å². The fourth-order valence-corrected chi connectivity index (χ4v) is 1.42. The average Bonchev–Trinajstić information content (AvgIpc) is 2.36. The highest BCUT2D eigenvalue weighted by molar-refractivity contribution is 5.90. The molecule has 0 unspecified atom stereocenters. The molecule has 0 aliphatic heterocycles. The topological polar surface area (TPSA) is 77.0 Å². The summed E-state index contributed by atoms with van der Waals surface area (Å²) in [5.41, 5.74) is 1.62. The van der Waals surface area contributed by atoms with Gasteiger partial charge in [0.15, 0.2) is 6.61 Å². The van der Waals surface area contributed by atoms with Gasteiger partial charge in [-0.25, -0.2) is 15.0 Å². The van der Waals surface area contributed by atoms with E-state index in [4.69, 9.17) is 4.74 Å². The quantitative estimate of drug-likeness (QED) is 0.899. The molecule has 6 heteroatoms. The zero-order valence-corrected chi connectivity index (χ0v) is 10.8. The smallest absolute Gasteiger partial charge is 0.317 e. The predicted molar refractivity (Wildman–Crippen MR) is 69.9 cm³/mol. The maximum atomic E-state index is 11.7. The highest BCUT2D eigenvalue weighted by Crippen LogP contribution is 2.05. The van der Waals surface area contributed by atoms with Crippen LogP contribution in [0.4, 0.5) is 5.82 Å². The zero-order chi connectivity index (χ0) is 13.7. The van der Waals surface area contributed by atoms with Gasteiger partial charge in [0.1, 0.15) is 5.82 Å². The van der Waals surface area contributed by atoms with E-state index in [2.05, 4.69) is 20.3 Å². The standard InChI is InChI=1S/C13H14N4O2/c1-9-4-3-5-11(15-9)17-12(18)8-19-13-14-7-6-10(2)16-13/h3-7H,8H2,1-2H3,(H,15,17,18). The molecule has 6 nitrogen and oxygen atoms in total. The lowest BCUT2D eigenvalue weighted by atomic mass is 10.4. The van der Waals surface area contributed by atoms with E-state index in [1.807, 2.05) is 26.0 Å². The lowest BCUT2D eigenvalue weighted by Crippen LogP contribution is -2.21. The Hall–Kier alpha value is -2.50. The second-order valence-electron chi connectivity index (χ2n) is 3.98. The number of aromatic nitrogens is 3. The summed E-state index contributed by atoms with van der Waals surface area (Å²) in [5, 5.41) is 2.64. The summed E-state index contributed by atoms with van der Waals surface area (Å²) in [6, 6.07) is 7.33. The summed E-state index contributed by atoms with van der Waals surface area (Å²) in [4.78, 5) is 23.8. The Morgan fingerprint density at radius 1 is 1.21 bits per heavy atom. The minimum absolute atomic E-state index is 0.154. The first-order valence-electron chi connectivity index (χ1n) is 5.79. The number of hydrogen-bond donors (Lipinski definition) is 1. The van der Waals surface area contributed by atoms with Crippen molar-refractivity contribution in [2.24, 2.45) is 0 Å². The van der Waals surface area contributed by atoms with Crippen LogP contribution in [0.15, 0.2) is 30.5 Å². The molecule has 0 fully saturated rings. The largest absolute Gasteiger partial charge is 0.453 e. The first-order chi connectivity index (χ1) is 9.13. The van der Waals surface area contributed by atoms with Crippen molar-refractivity contribution in [2.45, 2.75) is 13.8 Å². The second-order valence-corrected chi connectivity index (χ2v) is 3.98. The number of anilines is 1. The Morgan fingerprint density at radius 3 is 2.74 bits per heavy atom. The van der Waals surface area contributed by atoms with Crippen molar-refractivity contribution in [3.63, 3.8) is 0 Å². The van der Waals surface area contributed by atoms with Gasteiger partial charge in [-0.05, 0) is 32.0 Å². The van der Waals surface area contributed by atoms with Gasteiger partial charge in [0.05, 0.1) is 0 Å². The normalized spacial score (nSPS) is 10.0. The van der Waals surface area contributed by atoms with E-state index in [0.717, 1.165) is 11.4 Å². The van der Waals surface area contributed by atoms with Gasteiger partial charge in [-0.2, -0.15) is 0 Å². The van der Waals surface area contributed by atoms with E-state index in [9.17, 15) is 4.79 Å². The first kappa shape index (κ1) is 12.9. The van der Waals surface area contributed by atoms with Crippen LogP contribution in [0.3, 0.4) is 0 Å². The average molecular weight is 258 g/mol. The molecule has 0 saturated carbocycles. The summed E-state index contributed by atoms with van der Waals surface area (Å²) in [6.07, 6.45) is 1.58. The summed E-state index contributed by atoms with van der Waals surface area (Å²) in [5.74, 6) is 0.196. The predicted octanol–water partition coefficient (Wildman–Crippen LogP) is 1.51. The minimum Gasteiger partial charge on any atom is -0.453 e. The number of rotatable bonds is 4. The minimum atomic E-state index is -0.303. The molecule has 0 atom stereocenters. The van der Waals surface area contributed by atoms with Gasteiger partial charge < -0.3 is 10.1 Å². The third-order valence-electron chi connectivity index (χ3n) is 2.26. The van der Waals surface area contributed by atoms with Crippen LogP contribution in [0.25, 0.3) is 0 Å². The van der Waals surface area contributed by atoms with Crippen LogP contribution in [-0.2, 0) is 4.79 Å². The molecule has 2 aromatic heterocycles. The molecule has 0 bridgehead atoms. The van der Waals surface area contributed by atoms with E-state index in [0.29, 0.717) is 5.82 Å². The second kappa shape index (κ2) is 5.90. The molecule has 2 heterocycles. The van der Waals surface area contributed by atoms with Crippen molar-refractivity contribution in [3.8, 4) is 6.01 Å². The maximum Gasteiger partial charge on any atom is 0.317 e. The van der Waals surface area contributed by atoms with Crippen LogP contribution in [0.2, 0.25) is 0 Å². The Kier molecular flexibility index (Phi) is 4.02. The molecular formula is C13H14N4O2. The molecule has 2 rings (SSSR count). The fraction of sp³-hybridized carbons (Fsp3) is 0.231. The first-order valence-corrected chi connectivity index (χ1v) is 5.79. The number of nitrogens with one attached hydrogen (secondary N) is 1. The molecule has 1 N–H and O–H groups in total. The SMILES string of the molecule is Cc1cccc(NC(=O)COc2nccc(C)n2)n1. The molecule has 0 saturated heterocycles. The monoisotopic (exact) mass is 258 g/mol. The van der Waals surface area contributed by atoms with Crippen molar-refractivity contribution < 1.29 is 9.53 Å².